The summed E-state index contributed by atoms with van der Waals surface area (Å²) >= 11 is 0. The number of nitrogens with zero attached hydrogens (tertiary/aromatic N) is 1. The molecule has 1 aliphatic heterocycles. The van der Waals surface area contributed by atoms with Gasteiger partial charge in [-0.1, -0.05) is 13.8 Å². The molecule has 19 heavy (non-hydrogen) atoms. The van der Waals surface area contributed by atoms with Gasteiger partial charge in [-0.15, -0.1) is 0 Å². The van der Waals surface area contributed by atoms with E-state index in [1.807, 2.05) is 13.8 Å². The fourth-order valence-electron chi connectivity index (χ4n) is 2.31. The molecule has 0 aromatic carbocycles. The summed E-state index contributed by atoms with van der Waals surface area (Å²) in [7, 11) is 0. The predicted octanol–water partition coefficient (Wildman–Crippen LogP) is 2.32. The maximum Gasteiger partial charge on any atom is 0.417 e. The second-order valence-electron chi connectivity index (χ2n) is 6.62. The summed E-state index contributed by atoms with van der Waals surface area (Å²) in [6.07, 6.45) is -0.149. The second kappa shape index (κ2) is 5.90. The molecule has 0 spiro atoms. The third-order valence-electron chi connectivity index (χ3n) is 2.92. The van der Waals surface area contributed by atoms with E-state index in [1.54, 1.807) is 20.8 Å². The average Bonchev–Trinajstić information content (AvgIpc) is 2.10. The highest BCUT2D eigenvalue weighted by molar-refractivity contribution is 5.93. The lowest BCUT2D eigenvalue weighted by Crippen LogP contribution is -2.52. The van der Waals surface area contributed by atoms with E-state index in [0.29, 0.717) is 18.8 Å². The van der Waals surface area contributed by atoms with E-state index >= 15 is 0 Å². The van der Waals surface area contributed by atoms with Crippen molar-refractivity contribution >= 4 is 12.0 Å². The quantitative estimate of drug-likeness (QED) is 0.837. The number of carbonyl (C=O) groups excluding carboxylic acids is 2. The van der Waals surface area contributed by atoms with Crippen molar-refractivity contribution in [2.45, 2.75) is 71.6 Å². The number of rotatable bonds is 2. The number of piperidine rings is 1. The van der Waals surface area contributed by atoms with Crippen LogP contribution in [0.4, 0.5) is 4.79 Å². The summed E-state index contributed by atoms with van der Waals surface area (Å²) in [5.41, 5.74) is -0.629. The molecule has 1 N–H and O–H groups in total. The highest BCUT2D eigenvalue weighted by Crippen LogP contribution is 2.26. The summed E-state index contributed by atoms with van der Waals surface area (Å²) in [6, 6.07) is -0.272. The minimum atomic E-state index is -0.657. The van der Waals surface area contributed by atoms with Gasteiger partial charge in [0.2, 0.25) is 5.91 Å². The molecular weight excluding hydrogens is 246 g/mol. The van der Waals surface area contributed by atoms with E-state index in [1.165, 1.54) is 4.90 Å². The molecule has 0 bridgehead atoms. The van der Waals surface area contributed by atoms with E-state index in [-0.39, 0.29) is 18.4 Å². The Hall–Kier alpha value is -1.10. The molecule has 1 rings (SSSR count). The van der Waals surface area contributed by atoms with Crippen molar-refractivity contribution in [2.75, 3.05) is 0 Å². The number of likely N-dealkylation sites (tertiary alicyclic amines) is 1. The molecule has 1 fully saturated rings. The summed E-state index contributed by atoms with van der Waals surface area (Å²) < 4.78 is 5.28. The molecule has 5 nitrogen and oxygen atoms in total. The number of aliphatic hydroxyl groups is 1. The fraction of sp³-hybridized carbons (Fsp3) is 0.857. The normalized spacial score (nSPS) is 24.8. The van der Waals surface area contributed by atoms with Gasteiger partial charge in [0.25, 0.3) is 0 Å². The number of aliphatic hydroxyl groups excluding tert-OH is 1. The van der Waals surface area contributed by atoms with Crippen molar-refractivity contribution in [1.29, 1.82) is 0 Å². The zero-order valence-electron chi connectivity index (χ0n) is 12.5. The second-order valence-corrected chi connectivity index (χ2v) is 6.62. The van der Waals surface area contributed by atoms with Crippen LogP contribution in [0.25, 0.3) is 0 Å². The van der Waals surface area contributed by atoms with Crippen LogP contribution in [0.2, 0.25) is 0 Å². The molecular formula is C14H25NO4. The predicted molar refractivity (Wildman–Crippen MR) is 71.6 cm³/mol. The van der Waals surface area contributed by atoms with Gasteiger partial charge >= 0.3 is 6.09 Å². The molecule has 1 aliphatic rings. The Bertz CT molecular complexity index is 344. The van der Waals surface area contributed by atoms with E-state index in [4.69, 9.17) is 4.74 Å². The summed E-state index contributed by atoms with van der Waals surface area (Å²) in [5.74, 6) is -0.00770. The monoisotopic (exact) mass is 271 g/mol. The SMILES string of the molecule is CC(C)CC1CC(O)CC(=O)N1C(=O)OC(C)(C)C. The Morgan fingerprint density at radius 2 is 2.05 bits per heavy atom. The Morgan fingerprint density at radius 1 is 1.47 bits per heavy atom. The van der Waals surface area contributed by atoms with Crippen molar-refractivity contribution in [1.82, 2.24) is 4.90 Å². The van der Waals surface area contributed by atoms with Crippen LogP contribution >= 0.6 is 0 Å². The Kier molecular flexibility index (Phi) is 4.96. The van der Waals surface area contributed by atoms with Crippen LogP contribution in [0.1, 0.15) is 53.9 Å². The number of carbonyl (C=O) groups is 2. The zero-order valence-corrected chi connectivity index (χ0v) is 12.5. The first-order valence-corrected chi connectivity index (χ1v) is 6.83. The molecule has 2 amide bonds. The number of imide groups is 1. The summed E-state index contributed by atoms with van der Waals surface area (Å²) in [5, 5.41) is 9.70. The molecule has 2 atom stereocenters. The third-order valence-corrected chi connectivity index (χ3v) is 2.92. The standard InChI is InChI=1S/C14H25NO4/c1-9(2)6-10-7-11(16)8-12(17)15(10)13(18)19-14(3,4)5/h9-11,16H,6-8H2,1-5H3. The first-order valence-electron chi connectivity index (χ1n) is 6.83. The smallest absolute Gasteiger partial charge is 0.417 e. The van der Waals surface area contributed by atoms with Crippen molar-refractivity contribution in [3.05, 3.63) is 0 Å². The molecule has 1 heterocycles. The van der Waals surface area contributed by atoms with Gasteiger partial charge in [0.1, 0.15) is 5.60 Å². The van der Waals surface area contributed by atoms with E-state index < -0.39 is 17.8 Å². The summed E-state index contributed by atoms with van der Waals surface area (Å²) in [4.78, 5) is 25.3. The highest BCUT2D eigenvalue weighted by Gasteiger charge is 2.39. The van der Waals surface area contributed by atoms with Crippen LogP contribution in [-0.4, -0.2) is 39.8 Å². The van der Waals surface area contributed by atoms with Gasteiger partial charge in [0.15, 0.2) is 0 Å². The van der Waals surface area contributed by atoms with Gasteiger partial charge in [-0.2, -0.15) is 0 Å². The van der Waals surface area contributed by atoms with E-state index in [2.05, 4.69) is 0 Å². The Labute approximate surface area is 114 Å². The minimum Gasteiger partial charge on any atom is -0.443 e. The van der Waals surface area contributed by atoms with Gasteiger partial charge in [-0.25, -0.2) is 9.69 Å². The molecule has 0 radical (unpaired) electrons. The van der Waals surface area contributed by atoms with Gasteiger partial charge in [-0.05, 0) is 39.5 Å². The number of ether oxygens (including phenoxy) is 1. The van der Waals surface area contributed by atoms with Gasteiger partial charge < -0.3 is 9.84 Å². The lowest BCUT2D eigenvalue weighted by molar-refractivity contribution is -0.139. The van der Waals surface area contributed by atoms with Gasteiger partial charge in [0.05, 0.1) is 12.5 Å². The number of hydrogen-bond acceptors (Lipinski definition) is 4. The first kappa shape index (κ1) is 16.0. The lowest BCUT2D eigenvalue weighted by Gasteiger charge is -2.37. The summed E-state index contributed by atoms with van der Waals surface area (Å²) in [6.45, 7) is 9.36. The topological polar surface area (TPSA) is 66.8 Å². The number of hydrogen-bond donors (Lipinski definition) is 1. The van der Waals surface area contributed by atoms with E-state index in [0.717, 1.165) is 0 Å². The third kappa shape index (κ3) is 4.82. The van der Waals surface area contributed by atoms with Gasteiger partial charge in [-0.3, -0.25) is 4.79 Å². The van der Waals surface area contributed by atoms with E-state index in [9.17, 15) is 14.7 Å². The lowest BCUT2D eigenvalue weighted by atomic mass is 9.92. The van der Waals surface area contributed by atoms with Crippen LogP contribution in [0.15, 0.2) is 0 Å². The number of amides is 2. The molecule has 2 unspecified atom stereocenters. The van der Waals surface area contributed by atoms with Crippen LogP contribution in [-0.2, 0) is 9.53 Å². The molecule has 0 aliphatic carbocycles. The van der Waals surface area contributed by atoms with Crippen molar-refractivity contribution in [2.24, 2.45) is 5.92 Å². The fourth-order valence-corrected chi connectivity index (χ4v) is 2.31. The Balaban J connectivity index is 2.85. The largest absolute Gasteiger partial charge is 0.443 e. The molecule has 110 valence electrons. The molecule has 0 aromatic heterocycles. The van der Waals surface area contributed by atoms with Crippen LogP contribution < -0.4 is 0 Å². The van der Waals surface area contributed by atoms with Crippen LogP contribution in [0.5, 0.6) is 0 Å². The molecule has 0 saturated carbocycles. The van der Waals surface area contributed by atoms with Crippen LogP contribution in [0.3, 0.4) is 0 Å². The van der Waals surface area contributed by atoms with Crippen LogP contribution in [0, 0.1) is 5.92 Å². The Morgan fingerprint density at radius 3 is 2.53 bits per heavy atom. The molecule has 1 saturated heterocycles. The zero-order chi connectivity index (χ0) is 14.8. The van der Waals surface area contributed by atoms with Crippen molar-refractivity contribution in [3.63, 3.8) is 0 Å². The van der Waals surface area contributed by atoms with Crippen molar-refractivity contribution in [3.8, 4) is 0 Å². The molecule has 0 aromatic rings. The maximum absolute atomic E-state index is 12.1. The highest BCUT2D eigenvalue weighted by atomic mass is 16.6. The average molecular weight is 271 g/mol. The minimum absolute atomic E-state index is 0.00611. The molecule has 5 heteroatoms. The maximum atomic E-state index is 12.1. The van der Waals surface area contributed by atoms with Gasteiger partial charge in [0, 0.05) is 6.04 Å². The van der Waals surface area contributed by atoms with Crippen molar-refractivity contribution < 1.29 is 19.4 Å². The first-order chi connectivity index (χ1) is 8.60.